The van der Waals surface area contributed by atoms with E-state index in [-0.39, 0.29) is 5.91 Å². The van der Waals surface area contributed by atoms with E-state index in [4.69, 9.17) is 0 Å². The zero-order valence-corrected chi connectivity index (χ0v) is 13.2. The van der Waals surface area contributed by atoms with Crippen LogP contribution in [0.25, 0.3) is 0 Å². The summed E-state index contributed by atoms with van der Waals surface area (Å²) in [6.07, 6.45) is 4.20. The SMILES string of the molecule is CCN(CC)c1ncc(CNCC(=O)N2CCCC2)s1. The highest BCUT2D eigenvalue weighted by Gasteiger charge is 2.17. The number of carbonyl (C=O) groups excluding carboxylic acids is 1. The lowest BCUT2D eigenvalue weighted by atomic mass is 10.4. The number of aromatic nitrogens is 1. The number of nitrogens with one attached hydrogen (secondary N) is 1. The van der Waals surface area contributed by atoms with Gasteiger partial charge in [-0.15, -0.1) is 11.3 Å². The third-order valence-corrected chi connectivity index (χ3v) is 4.67. The lowest BCUT2D eigenvalue weighted by Gasteiger charge is -2.16. The van der Waals surface area contributed by atoms with Gasteiger partial charge >= 0.3 is 0 Å². The fourth-order valence-electron chi connectivity index (χ4n) is 2.39. The molecule has 5 nitrogen and oxygen atoms in total. The molecule has 0 spiro atoms. The number of thiazole rings is 1. The molecule has 2 heterocycles. The summed E-state index contributed by atoms with van der Waals surface area (Å²) >= 11 is 1.70. The number of carbonyl (C=O) groups is 1. The molecule has 0 saturated carbocycles. The van der Waals surface area contributed by atoms with Crippen LogP contribution in [0.5, 0.6) is 0 Å². The van der Waals surface area contributed by atoms with Crippen LogP contribution in [0.3, 0.4) is 0 Å². The van der Waals surface area contributed by atoms with Crippen molar-refractivity contribution in [1.29, 1.82) is 0 Å². The fraction of sp³-hybridized carbons (Fsp3) is 0.714. The Morgan fingerprint density at radius 2 is 2.10 bits per heavy atom. The van der Waals surface area contributed by atoms with Gasteiger partial charge in [0.2, 0.25) is 5.91 Å². The molecule has 0 unspecified atom stereocenters. The Morgan fingerprint density at radius 1 is 1.40 bits per heavy atom. The highest BCUT2D eigenvalue weighted by molar-refractivity contribution is 7.15. The van der Waals surface area contributed by atoms with E-state index in [9.17, 15) is 4.79 Å². The normalized spacial score (nSPS) is 14.8. The van der Waals surface area contributed by atoms with E-state index in [2.05, 4.69) is 29.0 Å². The quantitative estimate of drug-likeness (QED) is 0.832. The predicted octanol–water partition coefficient (Wildman–Crippen LogP) is 1.70. The van der Waals surface area contributed by atoms with Crippen LogP contribution in [0.1, 0.15) is 31.6 Å². The molecule has 112 valence electrons. The molecule has 0 bridgehead atoms. The van der Waals surface area contributed by atoms with Crippen molar-refractivity contribution in [1.82, 2.24) is 15.2 Å². The average Bonchev–Trinajstić information content (AvgIpc) is 3.11. The summed E-state index contributed by atoms with van der Waals surface area (Å²) in [4.78, 5) is 21.7. The Labute approximate surface area is 125 Å². The maximum absolute atomic E-state index is 11.9. The van der Waals surface area contributed by atoms with Crippen LogP contribution in [-0.2, 0) is 11.3 Å². The first-order chi connectivity index (χ1) is 9.74. The summed E-state index contributed by atoms with van der Waals surface area (Å²) in [6.45, 7) is 9.22. The van der Waals surface area contributed by atoms with Gasteiger partial charge in [0.1, 0.15) is 0 Å². The Kier molecular flexibility index (Phi) is 5.79. The van der Waals surface area contributed by atoms with Crippen LogP contribution >= 0.6 is 11.3 Å². The standard InChI is InChI=1S/C14H24N4OS/c1-3-17(4-2)14-16-10-12(20-14)9-15-11-13(19)18-7-5-6-8-18/h10,15H,3-9,11H2,1-2H3. The molecule has 1 aromatic heterocycles. The molecule has 1 aliphatic rings. The molecule has 0 radical (unpaired) electrons. The summed E-state index contributed by atoms with van der Waals surface area (Å²) in [5.41, 5.74) is 0. The second-order valence-corrected chi connectivity index (χ2v) is 6.07. The van der Waals surface area contributed by atoms with Crippen LogP contribution in [0.4, 0.5) is 5.13 Å². The van der Waals surface area contributed by atoms with Crippen LogP contribution in [0, 0.1) is 0 Å². The van der Waals surface area contributed by atoms with E-state index in [1.54, 1.807) is 11.3 Å². The van der Waals surface area contributed by atoms with Crippen LogP contribution in [-0.4, -0.2) is 48.5 Å². The minimum absolute atomic E-state index is 0.219. The average molecular weight is 296 g/mol. The highest BCUT2D eigenvalue weighted by atomic mass is 32.1. The number of likely N-dealkylation sites (tertiary alicyclic amines) is 1. The zero-order chi connectivity index (χ0) is 14.4. The van der Waals surface area contributed by atoms with Crippen LogP contribution in [0.2, 0.25) is 0 Å². The third-order valence-electron chi connectivity index (χ3n) is 3.61. The van der Waals surface area contributed by atoms with Crippen molar-refractivity contribution >= 4 is 22.4 Å². The van der Waals surface area contributed by atoms with Gasteiger partial charge < -0.3 is 15.1 Å². The van der Waals surface area contributed by atoms with Gasteiger partial charge in [0.15, 0.2) is 5.13 Å². The van der Waals surface area contributed by atoms with Crippen molar-refractivity contribution in [2.24, 2.45) is 0 Å². The molecular formula is C14H24N4OS. The Bertz CT molecular complexity index is 425. The van der Waals surface area contributed by atoms with E-state index in [1.807, 2.05) is 11.1 Å². The minimum Gasteiger partial charge on any atom is -0.349 e. The van der Waals surface area contributed by atoms with E-state index >= 15 is 0 Å². The molecule has 2 rings (SSSR count). The van der Waals surface area contributed by atoms with Crippen molar-refractivity contribution in [3.8, 4) is 0 Å². The fourth-order valence-corrected chi connectivity index (χ4v) is 3.40. The second kappa shape index (κ2) is 7.59. The topological polar surface area (TPSA) is 48.5 Å². The second-order valence-electron chi connectivity index (χ2n) is 4.97. The Morgan fingerprint density at radius 3 is 2.75 bits per heavy atom. The van der Waals surface area contributed by atoms with Crippen molar-refractivity contribution in [2.45, 2.75) is 33.2 Å². The molecule has 1 aromatic rings. The summed E-state index contributed by atoms with van der Waals surface area (Å²) in [5.74, 6) is 0.219. The lowest BCUT2D eigenvalue weighted by Crippen LogP contribution is -2.35. The number of nitrogens with zero attached hydrogens (tertiary/aromatic N) is 3. The summed E-state index contributed by atoms with van der Waals surface area (Å²) < 4.78 is 0. The smallest absolute Gasteiger partial charge is 0.236 e. The van der Waals surface area contributed by atoms with Gasteiger partial charge in [0.05, 0.1) is 6.54 Å². The molecular weight excluding hydrogens is 272 g/mol. The van der Waals surface area contributed by atoms with Gasteiger partial charge in [-0.1, -0.05) is 0 Å². The van der Waals surface area contributed by atoms with Crippen LogP contribution < -0.4 is 10.2 Å². The van der Waals surface area contributed by atoms with Gasteiger partial charge in [-0.3, -0.25) is 4.79 Å². The number of hydrogen-bond donors (Lipinski definition) is 1. The number of hydrogen-bond acceptors (Lipinski definition) is 5. The van der Waals surface area contributed by atoms with Crippen molar-refractivity contribution in [3.63, 3.8) is 0 Å². The number of rotatable bonds is 7. The molecule has 0 atom stereocenters. The summed E-state index contributed by atoms with van der Waals surface area (Å²) in [7, 11) is 0. The first kappa shape index (κ1) is 15.3. The molecule has 1 N–H and O–H groups in total. The maximum atomic E-state index is 11.9. The van der Waals surface area contributed by atoms with Gasteiger partial charge in [-0.05, 0) is 26.7 Å². The summed E-state index contributed by atoms with van der Waals surface area (Å²) in [5, 5.41) is 4.29. The van der Waals surface area contributed by atoms with Gasteiger partial charge in [0.25, 0.3) is 0 Å². The molecule has 6 heteroatoms. The van der Waals surface area contributed by atoms with E-state index < -0.39 is 0 Å². The lowest BCUT2D eigenvalue weighted by molar-refractivity contribution is -0.129. The van der Waals surface area contributed by atoms with Gasteiger partial charge in [0, 0.05) is 43.8 Å². The molecule has 1 fully saturated rings. The van der Waals surface area contributed by atoms with E-state index in [1.165, 1.54) is 4.88 Å². The van der Waals surface area contributed by atoms with Crippen molar-refractivity contribution in [3.05, 3.63) is 11.1 Å². The third kappa shape index (κ3) is 3.93. The van der Waals surface area contributed by atoms with E-state index in [0.29, 0.717) is 6.54 Å². The monoisotopic (exact) mass is 296 g/mol. The minimum atomic E-state index is 0.219. The van der Waals surface area contributed by atoms with Crippen LogP contribution in [0.15, 0.2) is 6.20 Å². The Hall–Kier alpha value is -1.14. The first-order valence-electron chi connectivity index (χ1n) is 7.42. The highest BCUT2D eigenvalue weighted by Crippen LogP contribution is 2.21. The zero-order valence-electron chi connectivity index (χ0n) is 12.4. The number of amides is 1. The molecule has 1 saturated heterocycles. The van der Waals surface area contributed by atoms with Crippen molar-refractivity contribution < 1.29 is 4.79 Å². The van der Waals surface area contributed by atoms with E-state index in [0.717, 1.165) is 50.7 Å². The summed E-state index contributed by atoms with van der Waals surface area (Å²) in [6, 6.07) is 0. The molecule has 1 amide bonds. The molecule has 20 heavy (non-hydrogen) atoms. The van der Waals surface area contributed by atoms with Crippen molar-refractivity contribution in [2.75, 3.05) is 37.6 Å². The Balaban J connectivity index is 1.75. The molecule has 0 aromatic carbocycles. The largest absolute Gasteiger partial charge is 0.349 e. The molecule has 1 aliphatic heterocycles. The van der Waals surface area contributed by atoms with Gasteiger partial charge in [-0.2, -0.15) is 0 Å². The van der Waals surface area contributed by atoms with Gasteiger partial charge in [-0.25, -0.2) is 4.98 Å². The first-order valence-corrected chi connectivity index (χ1v) is 8.24. The predicted molar refractivity (Wildman–Crippen MR) is 83.2 cm³/mol. The number of anilines is 1. The molecule has 0 aliphatic carbocycles. The maximum Gasteiger partial charge on any atom is 0.236 e.